The molecule has 1 saturated carbocycles. The van der Waals surface area contributed by atoms with Crippen molar-refractivity contribution in [1.29, 1.82) is 0 Å². The highest BCUT2D eigenvalue weighted by Gasteiger charge is 2.20. The maximum Gasteiger partial charge on any atom is 0.272 e. The van der Waals surface area contributed by atoms with Gasteiger partial charge in [0.05, 0.1) is 0 Å². The smallest absolute Gasteiger partial charge is 0.272 e. The van der Waals surface area contributed by atoms with Crippen LogP contribution in [0.3, 0.4) is 0 Å². The summed E-state index contributed by atoms with van der Waals surface area (Å²) in [6, 6.07) is 5.29. The van der Waals surface area contributed by atoms with Gasteiger partial charge in [-0.25, -0.2) is 4.98 Å². The van der Waals surface area contributed by atoms with Crippen LogP contribution >= 0.6 is 0 Å². The van der Waals surface area contributed by atoms with Crippen molar-refractivity contribution in [2.75, 3.05) is 13.6 Å². The van der Waals surface area contributed by atoms with E-state index in [4.69, 9.17) is 0 Å². The Hall–Kier alpha value is -1.91. The highest BCUT2D eigenvalue weighted by Crippen LogP contribution is 2.18. The number of amides is 2. The van der Waals surface area contributed by atoms with Crippen LogP contribution in [0.4, 0.5) is 0 Å². The number of hydrogen-bond donors (Lipinski definition) is 1. The molecular formula is C17H25N3O2. The molecule has 5 heteroatoms. The maximum atomic E-state index is 12.3. The maximum absolute atomic E-state index is 12.3. The number of aromatic nitrogens is 1. The average Bonchev–Trinajstić information content (AvgIpc) is 3.04. The molecule has 120 valence electrons. The highest BCUT2D eigenvalue weighted by molar-refractivity contribution is 5.96. The monoisotopic (exact) mass is 303 g/mol. The first-order valence-corrected chi connectivity index (χ1v) is 8.15. The van der Waals surface area contributed by atoms with E-state index in [1.807, 2.05) is 0 Å². The number of carbonyl (C=O) groups excluding carboxylic acids is 2. The van der Waals surface area contributed by atoms with E-state index in [0.717, 1.165) is 25.7 Å². The van der Waals surface area contributed by atoms with E-state index in [2.05, 4.69) is 17.2 Å². The molecule has 1 aromatic heterocycles. The molecular weight excluding hydrogens is 278 g/mol. The molecule has 0 unspecified atom stereocenters. The molecule has 0 radical (unpaired) electrons. The third kappa shape index (κ3) is 4.29. The van der Waals surface area contributed by atoms with Gasteiger partial charge in [-0.05, 0) is 31.4 Å². The Morgan fingerprint density at radius 2 is 1.95 bits per heavy atom. The van der Waals surface area contributed by atoms with E-state index >= 15 is 0 Å². The minimum atomic E-state index is -0.183. The lowest BCUT2D eigenvalue weighted by atomic mass is 10.2. The van der Waals surface area contributed by atoms with Crippen LogP contribution in [0.1, 0.15) is 66.4 Å². The number of nitrogens with one attached hydrogen (secondary N) is 1. The van der Waals surface area contributed by atoms with Crippen LogP contribution in [0.25, 0.3) is 0 Å². The number of pyridine rings is 1. The molecule has 1 aliphatic carbocycles. The minimum absolute atomic E-state index is 0.135. The molecule has 0 aromatic carbocycles. The Labute approximate surface area is 132 Å². The van der Waals surface area contributed by atoms with Gasteiger partial charge in [0, 0.05) is 19.6 Å². The summed E-state index contributed by atoms with van der Waals surface area (Å²) in [5.41, 5.74) is 0.652. The van der Waals surface area contributed by atoms with Crippen molar-refractivity contribution in [2.45, 2.75) is 51.5 Å². The van der Waals surface area contributed by atoms with Gasteiger partial charge in [0.1, 0.15) is 11.4 Å². The molecule has 0 saturated heterocycles. The van der Waals surface area contributed by atoms with E-state index in [9.17, 15) is 9.59 Å². The molecule has 2 amide bonds. The van der Waals surface area contributed by atoms with Crippen LogP contribution in [0.5, 0.6) is 0 Å². The largest absolute Gasteiger partial charge is 0.348 e. The second-order valence-corrected chi connectivity index (χ2v) is 5.94. The molecule has 1 heterocycles. The fourth-order valence-corrected chi connectivity index (χ4v) is 2.70. The van der Waals surface area contributed by atoms with E-state index in [0.29, 0.717) is 17.9 Å². The Morgan fingerprint density at radius 1 is 1.27 bits per heavy atom. The van der Waals surface area contributed by atoms with Crippen molar-refractivity contribution in [3.05, 3.63) is 29.6 Å². The zero-order chi connectivity index (χ0) is 15.9. The van der Waals surface area contributed by atoms with Crippen molar-refractivity contribution in [2.24, 2.45) is 0 Å². The van der Waals surface area contributed by atoms with Gasteiger partial charge in [0.2, 0.25) is 0 Å². The second kappa shape index (κ2) is 7.92. The Morgan fingerprint density at radius 3 is 2.64 bits per heavy atom. The standard InChI is InChI=1S/C17H25N3O2/c1-3-4-12-20(2)17(22)15-11-7-10-14(19-15)16(21)18-13-8-5-6-9-13/h7,10-11,13H,3-6,8-9,12H2,1-2H3,(H,18,21). The van der Waals surface area contributed by atoms with Gasteiger partial charge in [0.15, 0.2) is 0 Å². The summed E-state index contributed by atoms with van der Waals surface area (Å²) in [6.07, 6.45) is 6.39. The predicted molar refractivity (Wildman–Crippen MR) is 85.8 cm³/mol. The number of unbranched alkanes of at least 4 members (excludes halogenated alkanes) is 1. The number of carbonyl (C=O) groups is 2. The first-order chi connectivity index (χ1) is 10.6. The topological polar surface area (TPSA) is 62.3 Å². The van der Waals surface area contributed by atoms with Crippen molar-refractivity contribution in [1.82, 2.24) is 15.2 Å². The summed E-state index contributed by atoms with van der Waals surface area (Å²) in [5, 5.41) is 3.00. The second-order valence-electron chi connectivity index (χ2n) is 5.94. The molecule has 0 spiro atoms. The number of nitrogens with zero attached hydrogens (tertiary/aromatic N) is 2. The molecule has 1 N–H and O–H groups in total. The third-order valence-electron chi connectivity index (χ3n) is 4.09. The number of rotatable bonds is 6. The van der Waals surface area contributed by atoms with E-state index in [1.54, 1.807) is 30.1 Å². The van der Waals surface area contributed by atoms with Crippen LogP contribution in [0, 0.1) is 0 Å². The van der Waals surface area contributed by atoms with Gasteiger partial charge in [-0.2, -0.15) is 0 Å². The van der Waals surface area contributed by atoms with Crippen LogP contribution in [0.2, 0.25) is 0 Å². The summed E-state index contributed by atoms with van der Waals surface area (Å²) >= 11 is 0. The van der Waals surface area contributed by atoms with Crippen LogP contribution < -0.4 is 5.32 Å². The van der Waals surface area contributed by atoms with Crippen LogP contribution in [-0.2, 0) is 0 Å². The molecule has 0 bridgehead atoms. The zero-order valence-electron chi connectivity index (χ0n) is 13.5. The normalized spacial score (nSPS) is 14.8. The summed E-state index contributed by atoms with van der Waals surface area (Å²) in [6.45, 7) is 2.79. The van der Waals surface area contributed by atoms with Gasteiger partial charge in [-0.1, -0.05) is 32.3 Å². The molecule has 1 fully saturated rings. The highest BCUT2D eigenvalue weighted by atomic mass is 16.2. The van der Waals surface area contributed by atoms with Gasteiger partial charge in [-0.15, -0.1) is 0 Å². The van der Waals surface area contributed by atoms with Crippen molar-refractivity contribution >= 4 is 11.8 Å². The third-order valence-corrected chi connectivity index (χ3v) is 4.09. The zero-order valence-corrected chi connectivity index (χ0v) is 13.5. The average molecular weight is 303 g/mol. The Kier molecular flexibility index (Phi) is 5.92. The lowest BCUT2D eigenvalue weighted by Gasteiger charge is -2.16. The minimum Gasteiger partial charge on any atom is -0.348 e. The quantitative estimate of drug-likeness (QED) is 0.878. The molecule has 1 aromatic rings. The van der Waals surface area contributed by atoms with Gasteiger partial charge >= 0.3 is 0 Å². The molecule has 0 aliphatic heterocycles. The number of hydrogen-bond acceptors (Lipinski definition) is 3. The van der Waals surface area contributed by atoms with E-state index in [-0.39, 0.29) is 17.9 Å². The van der Waals surface area contributed by atoms with Gasteiger partial charge < -0.3 is 10.2 Å². The van der Waals surface area contributed by atoms with E-state index in [1.165, 1.54) is 12.8 Å². The summed E-state index contributed by atoms with van der Waals surface area (Å²) in [5.74, 6) is -0.318. The molecule has 1 aliphatic rings. The predicted octanol–water partition coefficient (Wildman–Crippen LogP) is 2.63. The van der Waals surface area contributed by atoms with Gasteiger partial charge in [0.25, 0.3) is 11.8 Å². The fraction of sp³-hybridized carbons (Fsp3) is 0.588. The van der Waals surface area contributed by atoms with Crippen LogP contribution in [0.15, 0.2) is 18.2 Å². The fourth-order valence-electron chi connectivity index (χ4n) is 2.70. The Balaban J connectivity index is 2.02. The van der Waals surface area contributed by atoms with Crippen molar-refractivity contribution in [3.8, 4) is 0 Å². The van der Waals surface area contributed by atoms with Crippen LogP contribution in [-0.4, -0.2) is 41.3 Å². The van der Waals surface area contributed by atoms with Crippen molar-refractivity contribution in [3.63, 3.8) is 0 Å². The first kappa shape index (κ1) is 16.5. The van der Waals surface area contributed by atoms with Crippen molar-refractivity contribution < 1.29 is 9.59 Å². The summed E-state index contributed by atoms with van der Waals surface area (Å²) in [4.78, 5) is 30.4. The lowest BCUT2D eigenvalue weighted by molar-refractivity contribution is 0.0787. The molecule has 0 atom stereocenters. The Bertz CT molecular complexity index is 524. The lowest BCUT2D eigenvalue weighted by Crippen LogP contribution is -2.34. The molecule has 5 nitrogen and oxygen atoms in total. The summed E-state index contributed by atoms with van der Waals surface area (Å²) < 4.78 is 0. The first-order valence-electron chi connectivity index (χ1n) is 8.15. The molecule has 2 rings (SSSR count). The van der Waals surface area contributed by atoms with E-state index < -0.39 is 0 Å². The summed E-state index contributed by atoms with van der Waals surface area (Å²) in [7, 11) is 1.77. The SMILES string of the molecule is CCCCN(C)C(=O)c1cccc(C(=O)NC2CCCC2)n1. The molecule has 22 heavy (non-hydrogen) atoms. The van der Waals surface area contributed by atoms with Gasteiger partial charge in [-0.3, -0.25) is 9.59 Å².